The van der Waals surface area contributed by atoms with Crippen molar-refractivity contribution in [3.63, 3.8) is 0 Å². The van der Waals surface area contributed by atoms with Gasteiger partial charge in [0.1, 0.15) is 17.3 Å². The fourth-order valence-electron chi connectivity index (χ4n) is 4.74. The van der Waals surface area contributed by atoms with Gasteiger partial charge in [-0.15, -0.1) is 0 Å². The summed E-state index contributed by atoms with van der Waals surface area (Å²) < 4.78 is 8.00. The molecule has 3 aromatic carbocycles. The van der Waals surface area contributed by atoms with Crippen LogP contribution in [0.5, 0.6) is 11.5 Å². The van der Waals surface area contributed by atoms with E-state index in [1.165, 1.54) is 0 Å². The molecule has 0 atom stereocenters. The molecule has 0 aliphatic rings. The summed E-state index contributed by atoms with van der Waals surface area (Å²) in [4.78, 5) is 29.9. The van der Waals surface area contributed by atoms with Crippen molar-refractivity contribution in [3.05, 3.63) is 102 Å². The van der Waals surface area contributed by atoms with Crippen LogP contribution in [0.3, 0.4) is 0 Å². The van der Waals surface area contributed by atoms with E-state index in [0.717, 1.165) is 27.7 Å². The minimum atomic E-state index is -0.393. The molecule has 0 bridgehead atoms. The second kappa shape index (κ2) is 12.6. The topological polar surface area (TPSA) is 110 Å². The molecule has 3 N–H and O–H groups in total. The molecule has 0 saturated heterocycles. The van der Waals surface area contributed by atoms with Crippen LogP contribution in [0.1, 0.15) is 51.6 Å². The van der Waals surface area contributed by atoms with Crippen molar-refractivity contribution in [1.82, 2.24) is 20.1 Å². The first-order valence-electron chi connectivity index (χ1n) is 14.7. The standard InChI is InChI=1S/C35H38N6O3/c1-22(2)37-33(42)20-24-19-26(17-18-36-24)44-30-16-15-29(27-9-7-8-10-28(27)30)38-34(43)39-32-21-31(35(4,5)6)40-41(32)25-13-11-23(3)12-14-25/h7-19,21-22H,20H2,1-6H3,(H,37,42)(H2,38,39,43). The van der Waals surface area contributed by atoms with E-state index >= 15 is 0 Å². The third kappa shape index (κ3) is 7.23. The lowest BCUT2D eigenvalue weighted by molar-refractivity contribution is -0.120. The van der Waals surface area contributed by atoms with Gasteiger partial charge in [-0.1, -0.05) is 62.7 Å². The number of amides is 3. The number of hydrogen-bond acceptors (Lipinski definition) is 5. The third-order valence-electron chi connectivity index (χ3n) is 6.94. The van der Waals surface area contributed by atoms with Gasteiger partial charge in [0.25, 0.3) is 0 Å². The first-order chi connectivity index (χ1) is 21.0. The zero-order chi connectivity index (χ0) is 31.4. The second-order valence-corrected chi connectivity index (χ2v) is 12.1. The van der Waals surface area contributed by atoms with Gasteiger partial charge in [-0.2, -0.15) is 5.10 Å². The number of fused-ring (bicyclic) bond motifs is 1. The SMILES string of the molecule is Cc1ccc(-n2nc(C(C)(C)C)cc2NC(=O)Nc2ccc(Oc3ccnc(CC(=O)NC(C)C)c3)c3ccccc23)cc1. The van der Waals surface area contributed by atoms with Crippen molar-refractivity contribution in [2.45, 2.75) is 59.4 Å². The number of rotatable bonds is 8. The molecule has 0 fully saturated rings. The number of carbonyl (C=O) groups is 2. The molecular weight excluding hydrogens is 552 g/mol. The van der Waals surface area contributed by atoms with Gasteiger partial charge in [-0.25, -0.2) is 9.48 Å². The van der Waals surface area contributed by atoms with Crippen LogP contribution in [0.4, 0.5) is 16.3 Å². The lowest BCUT2D eigenvalue weighted by Gasteiger charge is -2.15. The van der Waals surface area contributed by atoms with Gasteiger partial charge in [-0.05, 0) is 51.1 Å². The van der Waals surface area contributed by atoms with Crippen molar-refractivity contribution < 1.29 is 14.3 Å². The van der Waals surface area contributed by atoms with E-state index in [2.05, 4.69) is 41.7 Å². The Labute approximate surface area is 257 Å². The number of nitrogens with zero attached hydrogens (tertiary/aromatic N) is 3. The van der Waals surface area contributed by atoms with Crippen LogP contribution in [-0.4, -0.2) is 32.7 Å². The Morgan fingerprint density at radius 3 is 2.34 bits per heavy atom. The Kier molecular flexibility index (Phi) is 8.66. The molecule has 5 aromatic rings. The van der Waals surface area contributed by atoms with Crippen LogP contribution in [0.15, 0.2) is 85.1 Å². The molecule has 9 nitrogen and oxygen atoms in total. The summed E-state index contributed by atoms with van der Waals surface area (Å²) in [6.07, 6.45) is 1.79. The molecule has 0 aliphatic heterocycles. The zero-order valence-electron chi connectivity index (χ0n) is 25.9. The summed E-state index contributed by atoms with van der Waals surface area (Å²) in [6, 6.07) is 24.4. The maximum atomic E-state index is 13.4. The highest BCUT2D eigenvalue weighted by Crippen LogP contribution is 2.35. The van der Waals surface area contributed by atoms with Crippen LogP contribution in [0, 0.1) is 6.92 Å². The number of benzene rings is 3. The molecule has 44 heavy (non-hydrogen) atoms. The van der Waals surface area contributed by atoms with Gasteiger partial charge in [-0.3, -0.25) is 15.1 Å². The third-order valence-corrected chi connectivity index (χ3v) is 6.94. The van der Waals surface area contributed by atoms with Gasteiger partial charge < -0.3 is 15.4 Å². The van der Waals surface area contributed by atoms with Gasteiger partial charge in [0.2, 0.25) is 5.91 Å². The first-order valence-corrected chi connectivity index (χ1v) is 14.7. The van der Waals surface area contributed by atoms with E-state index in [0.29, 0.717) is 28.7 Å². The van der Waals surface area contributed by atoms with Crippen LogP contribution in [-0.2, 0) is 16.6 Å². The molecular formula is C35H38N6O3. The summed E-state index contributed by atoms with van der Waals surface area (Å²) in [5.74, 6) is 1.65. The predicted octanol–water partition coefficient (Wildman–Crippen LogP) is 7.53. The molecule has 2 aromatic heterocycles. The molecule has 0 unspecified atom stereocenters. The number of nitrogens with one attached hydrogen (secondary N) is 3. The number of aromatic nitrogens is 3. The van der Waals surface area contributed by atoms with E-state index in [4.69, 9.17) is 9.84 Å². The summed E-state index contributed by atoms with van der Waals surface area (Å²) in [5.41, 5.74) is 3.89. The lowest BCUT2D eigenvalue weighted by Crippen LogP contribution is -2.31. The highest BCUT2D eigenvalue weighted by molar-refractivity contribution is 6.07. The highest BCUT2D eigenvalue weighted by Gasteiger charge is 2.22. The average molecular weight is 591 g/mol. The zero-order valence-corrected chi connectivity index (χ0v) is 25.9. The quantitative estimate of drug-likeness (QED) is 0.173. The van der Waals surface area contributed by atoms with Crippen LogP contribution >= 0.6 is 0 Å². The monoisotopic (exact) mass is 590 g/mol. The van der Waals surface area contributed by atoms with Crippen molar-refractivity contribution >= 4 is 34.2 Å². The Hall–Kier alpha value is -5.18. The molecule has 0 radical (unpaired) electrons. The molecule has 5 rings (SSSR count). The van der Waals surface area contributed by atoms with E-state index in [1.54, 1.807) is 23.0 Å². The summed E-state index contributed by atoms with van der Waals surface area (Å²) >= 11 is 0. The van der Waals surface area contributed by atoms with Crippen LogP contribution < -0.4 is 20.7 Å². The number of hydrogen-bond donors (Lipinski definition) is 3. The van der Waals surface area contributed by atoms with Crippen molar-refractivity contribution in [2.24, 2.45) is 0 Å². The first kappa shape index (κ1) is 30.3. The van der Waals surface area contributed by atoms with Crippen molar-refractivity contribution in [2.75, 3.05) is 10.6 Å². The van der Waals surface area contributed by atoms with E-state index in [-0.39, 0.29) is 23.8 Å². The van der Waals surface area contributed by atoms with Gasteiger partial charge >= 0.3 is 6.03 Å². The number of pyridine rings is 1. The summed E-state index contributed by atoms with van der Waals surface area (Å²) in [6.45, 7) is 12.1. The largest absolute Gasteiger partial charge is 0.457 e. The maximum absolute atomic E-state index is 13.4. The molecule has 0 aliphatic carbocycles. The van der Waals surface area contributed by atoms with Crippen LogP contribution in [0.25, 0.3) is 16.5 Å². The van der Waals surface area contributed by atoms with E-state index in [1.807, 2.05) is 87.5 Å². The highest BCUT2D eigenvalue weighted by atomic mass is 16.5. The molecule has 3 amide bonds. The number of aryl methyl sites for hydroxylation is 1. The molecule has 0 saturated carbocycles. The number of urea groups is 1. The number of carbonyl (C=O) groups excluding carboxylic acids is 2. The number of ether oxygens (including phenoxy) is 1. The molecule has 226 valence electrons. The van der Waals surface area contributed by atoms with Gasteiger partial charge in [0, 0.05) is 40.6 Å². The molecule has 2 heterocycles. The molecule has 9 heteroatoms. The predicted molar refractivity (Wildman–Crippen MR) is 175 cm³/mol. The Balaban J connectivity index is 1.37. The van der Waals surface area contributed by atoms with E-state index in [9.17, 15) is 9.59 Å². The Morgan fingerprint density at radius 2 is 1.64 bits per heavy atom. The minimum Gasteiger partial charge on any atom is -0.457 e. The lowest BCUT2D eigenvalue weighted by atomic mass is 9.92. The Morgan fingerprint density at radius 1 is 0.909 bits per heavy atom. The summed E-state index contributed by atoms with van der Waals surface area (Å²) in [5, 5.41) is 15.3. The minimum absolute atomic E-state index is 0.0545. The Bertz CT molecular complexity index is 1800. The summed E-state index contributed by atoms with van der Waals surface area (Å²) in [7, 11) is 0. The van der Waals surface area contributed by atoms with E-state index < -0.39 is 6.03 Å². The average Bonchev–Trinajstić information content (AvgIpc) is 3.39. The molecule has 0 spiro atoms. The van der Waals surface area contributed by atoms with Gasteiger partial charge in [0.05, 0.1) is 29.2 Å². The van der Waals surface area contributed by atoms with Crippen LogP contribution in [0.2, 0.25) is 0 Å². The van der Waals surface area contributed by atoms with Crippen molar-refractivity contribution in [3.8, 4) is 17.2 Å². The van der Waals surface area contributed by atoms with Crippen molar-refractivity contribution in [1.29, 1.82) is 0 Å². The fraction of sp³-hybridized carbons (Fsp3) is 0.257. The normalized spacial score (nSPS) is 11.4. The van der Waals surface area contributed by atoms with Gasteiger partial charge in [0.15, 0.2) is 0 Å². The second-order valence-electron chi connectivity index (χ2n) is 12.1. The smallest absolute Gasteiger partial charge is 0.324 e. The fourth-order valence-corrected chi connectivity index (χ4v) is 4.74. The number of anilines is 2. The maximum Gasteiger partial charge on any atom is 0.324 e.